The molecule has 0 spiro atoms. The van der Waals surface area contributed by atoms with Gasteiger partial charge in [-0.2, -0.15) is 5.10 Å². The fraction of sp³-hybridized carbons (Fsp3) is 0.500. The number of aliphatic hydroxyl groups is 1. The highest BCUT2D eigenvalue weighted by molar-refractivity contribution is 5.89. The molecule has 1 rings (SSSR count). The highest BCUT2D eigenvalue weighted by Gasteiger charge is 2.24. The standard InChI is InChI=1S/C10H14N2O5/c1-12-5-6(7(13)4-8(14)16-2)9(11-12)10(15)17-3/h5,7,13H,4H2,1-3H3/t7-/m0/s1. The van der Waals surface area contributed by atoms with E-state index in [0.717, 1.165) is 0 Å². The second-order valence-corrected chi connectivity index (χ2v) is 3.39. The Labute approximate surface area is 97.9 Å². The largest absolute Gasteiger partial charge is 0.469 e. The van der Waals surface area contributed by atoms with Crippen LogP contribution in [0.15, 0.2) is 6.20 Å². The van der Waals surface area contributed by atoms with Gasteiger partial charge in [-0.25, -0.2) is 4.79 Å². The van der Waals surface area contributed by atoms with Crippen LogP contribution in [-0.4, -0.2) is 41.0 Å². The number of aryl methyl sites for hydroxylation is 1. The number of nitrogens with zero attached hydrogens (tertiary/aromatic N) is 2. The minimum Gasteiger partial charge on any atom is -0.469 e. The van der Waals surface area contributed by atoms with Crippen molar-refractivity contribution in [3.63, 3.8) is 0 Å². The van der Waals surface area contributed by atoms with Crippen LogP contribution in [0, 0.1) is 0 Å². The van der Waals surface area contributed by atoms with E-state index in [1.165, 1.54) is 25.1 Å². The summed E-state index contributed by atoms with van der Waals surface area (Å²) < 4.78 is 10.3. The van der Waals surface area contributed by atoms with Crippen molar-refractivity contribution in [1.82, 2.24) is 9.78 Å². The Balaban J connectivity index is 2.96. The fourth-order valence-electron chi connectivity index (χ4n) is 1.36. The van der Waals surface area contributed by atoms with Crippen LogP contribution >= 0.6 is 0 Å². The van der Waals surface area contributed by atoms with Crippen molar-refractivity contribution in [3.8, 4) is 0 Å². The van der Waals surface area contributed by atoms with Gasteiger partial charge in [-0.1, -0.05) is 0 Å². The van der Waals surface area contributed by atoms with E-state index in [2.05, 4.69) is 14.6 Å². The number of hydrogen-bond acceptors (Lipinski definition) is 6. The second-order valence-electron chi connectivity index (χ2n) is 3.39. The number of rotatable bonds is 4. The quantitative estimate of drug-likeness (QED) is 0.735. The predicted molar refractivity (Wildman–Crippen MR) is 56.1 cm³/mol. The van der Waals surface area contributed by atoms with Crippen molar-refractivity contribution in [2.75, 3.05) is 14.2 Å². The summed E-state index contributed by atoms with van der Waals surface area (Å²) >= 11 is 0. The van der Waals surface area contributed by atoms with Gasteiger partial charge in [-0.3, -0.25) is 9.48 Å². The number of carbonyl (C=O) groups is 2. The Morgan fingerprint density at radius 1 is 1.47 bits per heavy atom. The van der Waals surface area contributed by atoms with Crippen molar-refractivity contribution in [2.24, 2.45) is 7.05 Å². The van der Waals surface area contributed by atoms with Crippen LogP contribution in [-0.2, 0) is 21.3 Å². The molecular formula is C10H14N2O5. The van der Waals surface area contributed by atoms with Gasteiger partial charge >= 0.3 is 11.9 Å². The molecular weight excluding hydrogens is 228 g/mol. The molecule has 0 saturated heterocycles. The van der Waals surface area contributed by atoms with Crippen LogP contribution in [0.4, 0.5) is 0 Å². The van der Waals surface area contributed by atoms with Gasteiger partial charge in [-0.05, 0) is 0 Å². The number of aromatic nitrogens is 2. The van der Waals surface area contributed by atoms with Gasteiger partial charge in [0, 0.05) is 18.8 Å². The lowest BCUT2D eigenvalue weighted by Crippen LogP contribution is -2.12. The first-order valence-electron chi connectivity index (χ1n) is 4.86. The number of carbonyl (C=O) groups excluding carboxylic acids is 2. The summed E-state index contributed by atoms with van der Waals surface area (Å²) in [6.07, 6.45) is 0.0664. The summed E-state index contributed by atoms with van der Waals surface area (Å²) in [5.41, 5.74) is 0.233. The Kier molecular flexibility index (Phi) is 4.22. The Morgan fingerprint density at radius 2 is 2.12 bits per heavy atom. The van der Waals surface area contributed by atoms with Crippen LogP contribution in [0.5, 0.6) is 0 Å². The van der Waals surface area contributed by atoms with E-state index in [4.69, 9.17) is 0 Å². The molecule has 0 amide bonds. The van der Waals surface area contributed by atoms with Crippen molar-refractivity contribution in [1.29, 1.82) is 0 Å². The number of ether oxygens (including phenoxy) is 2. The van der Waals surface area contributed by atoms with E-state index in [1.807, 2.05) is 0 Å². The Morgan fingerprint density at radius 3 is 2.65 bits per heavy atom. The molecule has 0 aliphatic rings. The van der Waals surface area contributed by atoms with Gasteiger partial charge in [0.05, 0.1) is 26.7 Å². The number of esters is 2. The molecule has 0 unspecified atom stereocenters. The molecule has 1 aromatic rings. The van der Waals surface area contributed by atoms with Crippen LogP contribution in [0.2, 0.25) is 0 Å². The lowest BCUT2D eigenvalue weighted by molar-refractivity contribution is -0.142. The van der Waals surface area contributed by atoms with Gasteiger partial charge in [-0.15, -0.1) is 0 Å². The number of hydrogen-bond donors (Lipinski definition) is 1. The lowest BCUT2D eigenvalue weighted by Gasteiger charge is -2.08. The third kappa shape index (κ3) is 3.04. The van der Waals surface area contributed by atoms with Crippen LogP contribution in [0.3, 0.4) is 0 Å². The van der Waals surface area contributed by atoms with E-state index in [-0.39, 0.29) is 17.7 Å². The summed E-state index contributed by atoms with van der Waals surface area (Å²) in [4.78, 5) is 22.4. The molecule has 0 aliphatic heterocycles. The second kappa shape index (κ2) is 5.44. The molecule has 94 valence electrons. The monoisotopic (exact) mass is 242 g/mol. The fourth-order valence-corrected chi connectivity index (χ4v) is 1.36. The predicted octanol–water partition coefficient (Wildman–Crippen LogP) is -0.197. The molecule has 0 aromatic carbocycles. The smallest absolute Gasteiger partial charge is 0.358 e. The lowest BCUT2D eigenvalue weighted by atomic mass is 10.1. The highest BCUT2D eigenvalue weighted by Crippen LogP contribution is 2.21. The van der Waals surface area contributed by atoms with Crippen LogP contribution < -0.4 is 0 Å². The van der Waals surface area contributed by atoms with E-state index in [1.54, 1.807) is 7.05 Å². The highest BCUT2D eigenvalue weighted by atomic mass is 16.5. The van der Waals surface area contributed by atoms with Crippen molar-refractivity contribution in [2.45, 2.75) is 12.5 Å². The number of methoxy groups -OCH3 is 2. The number of aliphatic hydroxyl groups excluding tert-OH is 1. The van der Waals surface area contributed by atoms with Gasteiger partial charge in [0.2, 0.25) is 0 Å². The minimum atomic E-state index is -1.15. The average molecular weight is 242 g/mol. The molecule has 1 N–H and O–H groups in total. The summed E-state index contributed by atoms with van der Waals surface area (Å²) in [5, 5.41) is 13.7. The van der Waals surface area contributed by atoms with Crippen molar-refractivity contribution < 1.29 is 24.2 Å². The zero-order valence-corrected chi connectivity index (χ0v) is 9.84. The minimum absolute atomic E-state index is 0.00796. The maximum absolute atomic E-state index is 11.4. The summed E-state index contributed by atoms with van der Waals surface area (Å²) in [6.45, 7) is 0. The molecule has 1 atom stereocenters. The summed E-state index contributed by atoms with van der Waals surface area (Å²) in [5.74, 6) is -1.23. The van der Waals surface area contributed by atoms with E-state index < -0.39 is 18.0 Å². The average Bonchev–Trinajstić information content (AvgIpc) is 2.70. The van der Waals surface area contributed by atoms with Crippen LogP contribution in [0.25, 0.3) is 0 Å². The molecule has 0 aliphatic carbocycles. The molecule has 1 aromatic heterocycles. The molecule has 0 bridgehead atoms. The van der Waals surface area contributed by atoms with Crippen LogP contribution in [0.1, 0.15) is 28.6 Å². The summed E-state index contributed by atoms with van der Waals surface area (Å²) in [7, 11) is 4.04. The normalized spacial score (nSPS) is 12.0. The first-order chi connectivity index (χ1) is 7.99. The maximum Gasteiger partial charge on any atom is 0.358 e. The molecule has 0 saturated carbocycles. The van der Waals surface area contributed by atoms with Crippen molar-refractivity contribution in [3.05, 3.63) is 17.5 Å². The van der Waals surface area contributed by atoms with E-state index in [9.17, 15) is 14.7 Å². The Bertz CT molecular complexity index is 426. The van der Waals surface area contributed by atoms with E-state index in [0.29, 0.717) is 0 Å². The maximum atomic E-state index is 11.4. The van der Waals surface area contributed by atoms with Crippen molar-refractivity contribution >= 4 is 11.9 Å². The molecule has 0 fully saturated rings. The first-order valence-corrected chi connectivity index (χ1v) is 4.86. The third-order valence-electron chi connectivity index (χ3n) is 2.18. The topological polar surface area (TPSA) is 90.6 Å². The zero-order chi connectivity index (χ0) is 13.0. The van der Waals surface area contributed by atoms with Gasteiger partial charge in [0.25, 0.3) is 0 Å². The van der Waals surface area contributed by atoms with Gasteiger partial charge in [0.15, 0.2) is 5.69 Å². The molecule has 1 heterocycles. The Hall–Kier alpha value is -1.89. The first kappa shape index (κ1) is 13.2. The summed E-state index contributed by atoms with van der Waals surface area (Å²) in [6, 6.07) is 0. The third-order valence-corrected chi connectivity index (χ3v) is 2.18. The van der Waals surface area contributed by atoms with Gasteiger partial charge in [0.1, 0.15) is 0 Å². The van der Waals surface area contributed by atoms with E-state index >= 15 is 0 Å². The van der Waals surface area contributed by atoms with Gasteiger partial charge < -0.3 is 14.6 Å². The molecule has 0 radical (unpaired) electrons. The molecule has 7 nitrogen and oxygen atoms in total. The SMILES string of the molecule is COC(=O)C[C@H](O)c1cn(C)nc1C(=O)OC. The molecule has 17 heavy (non-hydrogen) atoms. The zero-order valence-electron chi connectivity index (χ0n) is 9.84. The molecule has 7 heteroatoms.